The van der Waals surface area contributed by atoms with Crippen LogP contribution in [0, 0.1) is 18.3 Å². The maximum Gasteiger partial charge on any atom is 0.0104 e. The smallest absolute Gasteiger partial charge is 0.0104 e. The summed E-state index contributed by atoms with van der Waals surface area (Å²) in [6.45, 7) is 9.14. The van der Waals surface area contributed by atoms with Gasteiger partial charge in [-0.05, 0) is 11.8 Å². The summed E-state index contributed by atoms with van der Waals surface area (Å²) in [6.07, 6.45) is 10.0. The Labute approximate surface area is 113 Å². The minimum absolute atomic E-state index is 0. The van der Waals surface area contributed by atoms with E-state index in [0.717, 1.165) is 11.8 Å². The van der Waals surface area contributed by atoms with Crippen LogP contribution in [-0.4, -0.2) is 10.1 Å². The molecule has 0 saturated heterocycles. The zero-order valence-corrected chi connectivity index (χ0v) is 13.1. The van der Waals surface area contributed by atoms with Crippen molar-refractivity contribution in [1.29, 1.82) is 0 Å². The molecule has 0 bridgehead atoms. The van der Waals surface area contributed by atoms with E-state index in [-0.39, 0.29) is 16.8 Å². The molecule has 0 atom stereocenters. The van der Waals surface area contributed by atoms with E-state index in [2.05, 4.69) is 27.7 Å². The summed E-state index contributed by atoms with van der Waals surface area (Å²) in [6, 6.07) is 0. The summed E-state index contributed by atoms with van der Waals surface area (Å²) >= 11 is 0. The van der Waals surface area contributed by atoms with E-state index in [0.29, 0.717) is 0 Å². The molecule has 0 aromatic heterocycles. The predicted molar refractivity (Wildman–Crippen MR) is 76.1 cm³/mol. The van der Waals surface area contributed by atoms with Crippen LogP contribution in [0.3, 0.4) is 0 Å². The maximum atomic E-state index is 2.28. The number of allylic oxidation sites excluding steroid dienone is 4. The second-order valence-electron chi connectivity index (χ2n) is 4.21. The average molecular weight is 296 g/mol. The summed E-state index contributed by atoms with van der Waals surface area (Å²) in [7, 11) is 3.10. The Kier molecular flexibility index (Phi) is 8.59. The Morgan fingerprint density at radius 2 is 1.12 bits per heavy atom. The molecule has 0 aromatic carbocycles. The van der Waals surface area contributed by atoms with Crippen molar-refractivity contribution in [2.45, 2.75) is 27.7 Å². The summed E-state index contributed by atoms with van der Waals surface area (Å²) in [5.41, 5.74) is 0. The van der Waals surface area contributed by atoms with Gasteiger partial charge in [0.05, 0.1) is 0 Å². The summed E-state index contributed by atoms with van der Waals surface area (Å²) in [5, 5.41) is 3.40. The summed E-state index contributed by atoms with van der Waals surface area (Å²) in [4.78, 5) is 0. The van der Waals surface area contributed by atoms with Crippen molar-refractivity contribution in [2.75, 3.05) is 0 Å². The minimum Gasteiger partial charge on any atom is -0.0767 e. The number of rotatable bonds is 2. The third-order valence-corrected chi connectivity index (χ3v) is 6.23. The van der Waals surface area contributed by atoms with Crippen LogP contribution < -0.4 is 0 Å². The van der Waals surface area contributed by atoms with Gasteiger partial charge in [-0.15, -0.1) is 0 Å². The second-order valence-corrected chi connectivity index (χ2v) is 7.29. The second kappa shape index (κ2) is 8.42. The fourth-order valence-corrected chi connectivity index (χ4v) is 3.58. The van der Waals surface area contributed by atoms with Gasteiger partial charge in [0.2, 0.25) is 0 Å². The first kappa shape index (κ1) is 16.3. The molecule has 0 N–H and O–H groups in total. The SMILES string of the molecule is CC(C)C1=PC(C(C)C)=P1.[CH]1C=CC=C1.[Co]. The van der Waals surface area contributed by atoms with E-state index in [4.69, 9.17) is 0 Å². The molecular weight excluding hydrogens is 277 g/mol. The molecule has 16 heavy (non-hydrogen) atoms. The van der Waals surface area contributed by atoms with Crippen LogP contribution in [0.4, 0.5) is 0 Å². The molecule has 0 saturated carbocycles. The molecule has 2 radical (unpaired) electrons. The van der Waals surface area contributed by atoms with Crippen molar-refractivity contribution in [3.8, 4) is 0 Å². The van der Waals surface area contributed by atoms with Crippen molar-refractivity contribution >= 4 is 26.5 Å². The first-order valence-corrected chi connectivity index (χ1v) is 7.24. The molecule has 2 rings (SSSR count). The van der Waals surface area contributed by atoms with E-state index in [9.17, 15) is 0 Å². The molecule has 0 fully saturated rings. The monoisotopic (exact) mass is 296 g/mol. The Hall–Kier alpha value is 0.326. The molecule has 90 valence electrons. The van der Waals surface area contributed by atoms with Crippen LogP contribution in [0.15, 0.2) is 24.3 Å². The number of hydrogen-bond donors (Lipinski definition) is 0. The quantitative estimate of drug-likeness (QED) is 0.643. The Morgan fingerprint density at radius 1 is 0.750 bits per heavy atom. The van der Waals surface area contributed by atoms with Gasteiger partial charge in [-0.1, -0.05) is 68.4 Å². The zero-order chi connectivity index (χ0) is 11.3. The Balaban J connectivity index is 0.000000318. The fourth-order valence-electron chi connectivity index (χ4n) is 1.08. The molecule has 0 amide bonds. The van der Waals surface area contributed by atoms with E-state index < -0.39 is 0 Å². The van der Waals surface area contributed by atoms with Gasteiger partial charge in [0.15, 0.2) is 0 Å². The molecule has 1 heterocycles. The molecule has 0 unspecified atom stereocenters. The van der Waals surface area contributed by atoms with Crippen LogP contribution >= 0.6 is 16.4 Å². The largest absolute Gasteiger partial charge is 0.0767 e. The van der Waals surface area contributed by atoms with E-state index in [1.165, 1.54) is 0 Å². The summed E-state index contributed by atoms with van der Waals surface area (Å²) in [5.74, 6) is 1.59. The normalized spacial score (nSPS) is 18.1. The predicted octanol–water partition coefficient (Wildman–Crippen LogP) is 4.78. The molecular formula is C13H19CoP2. The van der Waals surface area contributed by atoms with E-state index >= 15 is 0 Å². The van der Waals surface area contributed by atoms with Crippen LogP contribution in [0.5, 0.6) is 0 Å². The van der Waals surface area contributed by atoms with E-state index in [1.54, 1.807) is 26.5 Å². The fraction of sp³-hybridized carbons (Fsp3) is 0.462. The zero-order valence-electron chi connectivity index (χ0n) is 10.3. The van der Waals surface area contributed by atoms with E-state index in [1.807, 2.05) is 30.7 Å². The Morgan fingerprint density at radius 3 is 1.31 bits per heavy atom. The average Bonchev–Trinajstić information content (AvgIpc) is 2.54. The van der Waals surface area contributed by atoms with Crippen molar-refractivity contribution < 1.29 is 16.8 Å². The van der Waals surface area contributed by atoms with Crippen LogP contribution in [-0.2, 0) is 16.8 Å². The van der Waals surface area contributed by atoms with Crippen LogP contribution in [0.2, 0.25) is 0 Å². The molecule has 0 aromatic rings. The molecule has 0 spiro atoms. The van der Waals surface area contributed by atoms with Gasteiger partial charge in [0, 0.05) is 33.3 Å². The van der Waals surface area contributed by atoms with Gasteiger partial charge < -0.3 is 0 Å². The third-order valence-electron chi connectivity index (χ3n) is 2.05. The number of hydrogen-bond acceptors (Lipinski definition) is 0. The molecule has 2 aliphatic rings. The first-order valence-electron chi connectivity index (χ1n) is 5.45. The molecule has 0 nitrogen and oxygen atoms in total. The van der Waals surface area contributed by atoms with Gasteiger partial charge in [0.25, 0.3) is 0 Å². The molecule has 1 aliphatic heterocycles. The van der Waals surface area contributed by atoms with Crippen LogP contribution in [0.25, 0.3) is 0 Å². The summed E-state index contributed by atoms with van der Waals surface area (Å²) < 4.78 is 0. The van der Waals surface area contributed by atoms with Crippen molar-refractivity contribution in [1.82, 2.24) is 0 Å². The topological polar surface area (TPSA) is 0 Å². The molecule has 1 aliphatic carbocycles. The first-order chi connectivity index (χ1) is 7.11. The Bertz CT molecular complexity index is 285. The van der Waals surface area contributed by atoms with Crippen molar-refractivity contribution in [3.05, 3.63) is 30.7 Å². The van der Waals surface area contributed by atoms with Gasteiger partial charge in [-0.25, -0.2) is 0 Å². The van der Waals surface area contributed by atoms with Crippen molar-refractivity contribution in [3.63, 3.8) is 0 Å². The van der Waals surface area contributed by atoms with Gasteiger partial charge in [0.1, 0.15) is 0 Å². The standard InChI is InChI=1S/C8H14P2.C5H5.Co/c1-5(2)7-9-8(10-7)6(3)4;1-2-4-5-3-1;/h5-6H,1-4H3;1-5H;. The van der Waals surface area contributed by atoms with Gasteiger partial charge >= 0.3 is 0 Å². The third kappa shape index (κ3) is 5.59. The van der Waals surface area contributed by atoms with Crippen LogP contribution in [0.1, 0.15) is 27.7 Å². The van der Waals surface area contributed by atoms with Gasteiger partial charge in [-0.2, -0.15) is 0 Å². The molecule has 3 heteroatoms. The minimum atomic E-state index is 0. The van der Waals surface area contributed by atoms with Crippen molar-refractivity contribution in [2.24, 2.45) is 11.8 Å². The van der Waals surface area contributed by atoms with Gasteiger partial charge in [-0.3, -0.25) is 0 Å². The maximum absolute atomic E-state index is 2.28.